The van der Waals surface area contributed by atoms with Gasteiger partial charge in [0.1, 0.15) is 34.0 Å². The summed E-state index contributed by atoms with van der Waals surface area (Å²) >= 11 is 0.789. The van der Waals surface area contributed by atoms with Gasteiger partial charge in [-0.3, -0.25) is 9.88 Å². The number of nitriles is 1. The average Bonchev–Trinajstić information content (AvgIpc) is 3.63. The fraction of sp³-hybridized carbons (Fsp3) is 0.333. The van der Waals surface area contributed by atoms with Crippen LogP contribution in [0.2, 0.25) is 0 Å². The first-order valence-electron chi connectivity index (χ1n) is 13.6. The summed E-state index contributed by atoms with van der Waals surface area (Å²) in [7, 11) is 1.56. The number of anilines is 2. The van der Waals surface area contributed by atoms with Gasteiger partial charge in [0.2, 0.25) is 0 Å². The Morgan fingerprint density at radius 3 is 2.67 bits per heavy atom. The van der Waals surface area contributed by atoms with Gasteiger partial charge in [0, 0.05) is 42.1 Å². The number of fused-ring (bicyclic) bond motifs is 3. The van der Waals surface area contributed by atoms with E-state index in [4.69, 9.17) is 5.73 Å². The maximum atomic E-state index is 16.6. The number of hydrogen-bond acceptors (Lipinski definition) is 8. The number of benzene rings is 1. The number of nitrogen functional groups attached to an aromatic ring is 1. The molecular formula is C30H26F5N7S. The third-order valence-corrected chi connectivity index (χ3v) is 9.55. The van der Waals surface area contributed by atoms with E-state index in [1.165, 1.54) is 0 Å². The van der Waals surface area contributed by atoms with Crippen molar-refractivity contribution in [2.45, 2.75) is 44.6 Å². The third-order valence-electron chi connectivity index (χ3n) is 8.53. The standard InChI is InChI=1S/C30H26F5N7S/c1-13(2)18-20-25(23(33)21(22(18)32)24-19-15(10-36)28(37)43-26(19)16(31)11-39-24)40-17(41-29(20)38-3)5-7-30-6-4-8-42(30)12-14(9-30)27(34)35/h11H,1,4-9,12,37H2,2-3H3,(H,38,40,41). The van der Waals surface area contributed by atoms with Gasteiger partial charge in [-0.1, -0.05) is 6.58 Å². The molecule has 1 unspecified atom stereocenters. The van der Waals surface area contributed by atoms with Crippen LogP contribution in [0.25, 0.3) is 37.8 Å². The highest BCUT2D eigenvalue weighted by molar-refractivity contribution is 7.23. The number of nitrogens with one attached hydrogen (secondary N) is 1. The number of nitrogens with two attached hydrogens (primary N) is 1. The van der Waals surface area contributed by atoms with E-state index in [0.717, 1.165) is 30.4 Å². The molecule has 4 aromatic rings. The third kappa shape index (κ3) is 4.42. The van der Waals surface area contributed by atoms with Gasteiger partial charge >= 0.3 is 0 Å². The van der Waals surface area contributed by atoms with Crippen molar-refractivity contribution in [1.29, 1.82) is 5.26 Å². The van der Waals surface area contributed by atoms with Crippen LogP contribution >= 0.6 is 11.3 Å². The molecule has 43 heavy (non-hydrogen) atoms. The van der Waals surface area contributed by atoms with Crippen molar-refractivity contribution in [2.75, 3.05) is 31.2 Å². The molecule has 3 aromatic heterocycles. The summed E-state index contributed by atoms with van der Waals surface area (Å²) in [6.07, 6.45) is 1.81. The van der Waals surface area contributed by atoms with Crippen LogP contribution in [0.4, 0.5) is 32.8 Å². The first kappa shape index (κ1) is 28.9. The normalized spacial score (nSPS) is 18.4. The molecule has 0 bridgehead atoms. The zero-order valence-corrected chi connectivity index (χ0v) is 24.2. The van der Waals surface area contributed by atoms with Crippen molar-refractivity contribution in [3.05, 3.63) is 58.8 Å². The number of nitrogens with zero attached hydrogens (tertiary/aromatic N) is 5. The number of allylic oxidation sites excluding steroid dienone is 1. The van der Waals surface area contributed by atoms with Crippen molar-refractivity contribution >= 4 is 48.7 Å². The topological polar surface area (TPSA) is 104 Å². The minimum atomic E-state index is -1.65. The number of aryl methyl sites for hydroxylation is 1. The van der Waals surface area contributed by atoms with Gasteiger partial charge in [-0.15, -0.1) is 11.3 Å². The van der Waals surface area contributed by atoms with E-state index >= 15 is 8.78 Å². The molecule has 2 aliphatic heterocycles. The summed E-state index contributed by atoms with van der Waals surface area (Å²) in [5.41, 5.74) is 4.59. The number of hydrogen-bond donors (Lipinski definition) is 2. The fourth-order valence-corrected chi connectivity index (χ4v) is 7.53. The molecule has 0 saturated carbocycles. The van der Waals surface area contributed by atoms with Gasteiger partial charge in [-0.05, 0) is 44.7 Å². The van der Waals surface area contributed by atoms with Crippen LogP contribution in [-0.2, 0) is 6.42 Å². The second kappa shape index (κ2) is 10.5. The lowest BCUT2D eigenvalue weighted by molar-refractivity contribution is 0.182. The summed E-state index contributed by atoms with van der Waals surface area (Å²) in [5.74, 6) is -2.45. The Balaban J connectivity index is 1.55. The summed E-state index contributed by atoms with van der Waals surface area (Å²) in [5, 5.41) is 12.6. The Kier molecular flexibility index (Phi) is 7.09. The second-order valence-corrected chi connectivity index (χ2v) is 12.1. The quantitative estimate of drug-likeness (QED) is 0.223. The molecule has 2 aliphatic rings. The molecule has 0 spiro atoms. The van der Waals surface area contributed by atoms with E-state index in [0.29, 0.717) is 13.0 Å². The highest BCUT2D eigenvalue weighted by Crippen LogP contribution is 2.47. The number of thiophene rings is 1. The van der Waals surface area contributed by atoms with Crippen LogP contribution in [0.15, 0.2) is 24.4 Å². The largest absolute Gasteiger partial charge is 0.389 e. The minimum absolute atomic E-state index is 0.00708. The lowest BCUT2D eigenvalue weighted by atomic mass is 9.87. The Labute approximate surface area is 247 Å². The monoisotopic (exact) mass is 611 g/mol. The van der Waals surface area contributed by atoms with Crippen LogP contribution in [0.1, 0.15) is 49.6 Å². The molecule has 2 saturated heterocycles. The van der Waals surface area contributed by atoms with Crippen LogP contribution in [0.5, 0.6) is 0 Å². The van der Waals surface area contributed by atoms with Gasteiger partial charge in [0.25, 0.3) is 6.08 Å². The van der Waals surface area contributed by atoms with Crippen LogP contribution in [-0.4, -0.2) is 45.5 Å². The Morgan fingerprint density at radius 2 is 2.00 bits per heavy atom. The molecule has 0 amide bonds. The van der Waals surface area contributed by atoms with Gasteiger partial charge in [-0.2, -0.15) is 14.0 Å². The molecule has 0 aliphatic carbocycles. The summed E-state index contributed by atoms with van der Waals surface area (Å²) in [6.45, 7) is 6.38. The van der Waals surface area contributed by atoms with E-state index in [2.05, 4.69) is 31.7 Å². The summed E-state index contributed by atoms with van der Waals surface area (Å²) in [6, 6.07) is 1.89. The minimum Gasteiger partial charge on any atom is -0.389 e. The molecule has 5 heterocycles. The maximum absolute atomic E-state index is 16.6. The number of rotatable bonds is 6. The predicted octanol–water partition coefficient (Wildman–Crippen LogP) is 7.17. The zero-order valence-electron chi connectivity index (χ0n) is 23.3. The van der Waals surface area contributed by atoms with E-state index in [-0.39, 0.29) is 85.0 Å². The van der Waals surface area contributed by atoms with Gasteiger partial charge < -0.3 is 11.1 Å². The van der Waals surface area contributed by atoms with Crippen molar-refractivity contribution in [1.82, 2.24) is 19.9 Å². The number of pyridine rings is 1. The highest BCUT2D eigenvalue weighted by Gasteiger charge is 2.47. The van der Waals surface area contributed by atoms with E-state index in [1.54, 1.807) is 14.0 Å². The molecule has 1 atom stereocenters. The van der Waals surface area contributed by atoms with Crippen molar-refractivity contribution in [3.8, 4) is 17.3 Å². The van der Waals surface area contributed by atoms with Crippen molar-refractivity contribution < 1.29 is 22.0 Å². The van der Waals surface area contributed by atoms with Gasteiger partial charge in [0.05, 0.1) is 33.1 Å². The average molecular weight is 612 g/mol. The zero-order chi connectivity index (χ0) is 30.8. The van der Waals surface area contributed by atoms with Gasteiger partial charge in [-0.25, -0.2) is 23.1 Å². The lowest BCUT2D eigenvalue weighted by Gasteiger charge is -2.31. The number of aromatic nitrogens is 3. The van der Waals surface area contributed by atoms with E-state index < -0.39 is 34.6 Å². The number of halogens is 5. The SMILES string of the molecule is C=C(C)c1c(F)c(-c2ncc(F)c3sc(N)c(C#N)c23)c(F)c2nc(CCC34CCCN3CC(=C(F)F)C4)nc(NC)c12. The molecule has 2 fully saturated rings. The maximum Gasteiger partial charge on any atom is 0.270 e. The first-order chi connectivity index (χ1) is 20.5. The van der Waals surface area contributed by atoms with Crippen LogP contribution in [0.3, 0.4) is 0 Å². The fourth-order valence-electron chi connectivity index (χ4n) is 6.61. The molecule has 6 rings (SSSR count). The van der Waals surface area contributed by atoms with Crippen LogP contribution < -0.4 is 11.1 Å². The van der Waals surface area contributed by atoms with Crippen molar-refractivity contribution in [3.63, 3.8) is 0 Å². The highest BCUT2D eigenvalue weighted by atomic mass is 32.1. The smallest absolute Gasteiger partial charge is 0.270 e. The van der Waals surface area contributed by atoms with Crippen LogP contribution in [0, 0.1) is 28.8 Å². The summed E-state index contributed by atoms with van der Waals surface area (Å²) < 4.78 is 74.6. The predicted molar refractivity (Wildman–Crippen MR) is 157 cm³/mol. The second-order valence-electron chi connectivity index (χ2n) is 11.0. The van der Waals surface area contributed by atoms with Crippen molar-refractivity contribution in [2.24, 2.45) is 0 Å². The molecule has 3 N–H and O–H groups in total. The molecule has 7 nitrogen and oxygen atoms in total. The molecule has 13 heteroatoms. The molecular weight excluding hydrogens is 585 g/mol. The first-order valence-corrected chi connectivity index (χ1v) is 14.4. The van der Waals surface area contributed by atoms with Gasteiger partial charge in [0.15, 0.2) is 11.6 Å². The molecule has 0 radical (unpaired) electrons. The van der Waals surface area contributed by atoms with E-state index in [1.807, 2.05) is 6.07 Å². The lowest BCUT2D eigenvalue weighted by Crippen LogP contribution is -2.38. The van der Waals surface area contributed by atoms with E-state index in [9.17, 15) is 18.4 Å². The Morgan fingerprint density at radius 1 is 1.23 bits per heavy atom. The molecule has 1 aromatic carbocycles. The Bertz CT molecular complexity index is 1920. The molecule has 222 valence electrons. The Hall–Kier alpha value is -4.15. The summed E-state index contributed by atoms with van der Waals surface area (Å²) in [4.78, 5) is 15.2.